The van der Waals surface area contributed by atoms with Crippen molar-refractivity contribution < 1.29 is 9.00 Å². The lowest BCUT2D eigenvalue weighted by molar-refractivity contribution is -0.120. The van der Waals surface area contributed by atoms with Crippen molar-refractivity contribution in [2.24, 2.45) is 0 Å². The van der Waals surface area contributed by atoms with Crippen LogP contribution >= 0.6 is 0 Å². The van der Waals surface area contributed by atoms with Crippen LogP contribution in [0.15, 0.2) is 0 Å². The van der Waals surface area contributed by atoms with Gasteiger partial charge in [-0.2, -0.15) is 0 Å². The van der Waals surface area contributed by atoms with Gasteiger partial charge in [-0.05, 0) is 40.2 Å². The number of hydrogen-bond donors (Lipinski definition) is 2. The summed E-state index contributed by atoms with van der Waals surface area (Å²) < 4.78 is 13.7. The molecule has 0 aliphatic carbocycles. The van der Waals surface area contributed by atoms with E-state index in [0.29, 0.717) is 0 Å². The summed E-state index contributed by atoms with van der Waals surface area (Å²) in [6.45, 7) is 6.39. The number of rotatable bonds is 2. The number of hydrogen-bond acceptors (Lipinski definition) is 3. The highest BCUT2D eigenvalue weighted by atomic mass is 32.2. The van der Waals surface area contributed by atoms with E-state index in [0.717, 1.165) is 19.4 Å². The minimum atomic E-state index is -1.30. The average Bonchev–Trinajstić information content (AvgIpc) is 2.53. The number of amides is 1. The monoisotopic (exact) mass is 218 g/mol. The second kappa shape index (κ2) is 4.40. The Morgan fingerprint density at radius 3 is 2.57 bits per heavy atom. The molecule has 0 aromatic rings. The Balaban J connectivity index is 2.44. The smallest absolute Gasteiger partial charge is 0.248 e. The zero-order valence-electron chi connectivity index (χ0n) is 8.92. The highest BCUT2D eigenvalue weighted by Gasteiger charge is 2.27. The van der Waals surface area contributed by atoms with E-state index in [1.54, 1.807) is 0 Å². The minimum absolute atomic E-state index is 0.143. The van der Waals surface area contributed by atoms with Crippen molar-refractivity contribution >= 4 is 16.9 Å². The summed E-state index contributed by atoms with van der Waals surface area (Å²) in [6, 6.07) is -0.152. The summed E-state index contributed by atoms with van der Waals surface area (Å²) >= 11 is 0. The first-order valence-corrected chi connectivity index (χ1v) is 6.02. The van der Waals surface area contributed by atoms with E-state index in [2.05, 4.69) is 10.0 Å². The van der Waals surface area contributed by atoms with Gasteiger partial charge in [0.05, 0.1) is 10.8 Å². The van der Waals surface area contributed by atoms with Gasteiger partial charge in [0, 0.05) is 0 Å². The van der Waals surface area contributed by atoms with Crippen LogP contribution in [-0.2, 0) is 15.8 Å². The molecule has 2 N–H and O–H groups in total. The molecular formula is C9H18N2O2S. The maximum absolute atomic E-state index is 11.6. The fraction of sp³-hybridized carbons (Fsp3) is 0.889. The Bertz CT molecular complexity index is 242. The van der Waals surface area contributed by atoms with E-state index >= 15 is 0 Å². The Kier molecular flexibility index (Phi) is 3.66. The third kappa shape index (κ3) is 3.06. The average molecular weight is 218 g/mol. The fourth-order valence-electron chi connectivity index (χ4n) is 1.22. The quantitative estimate of drug-likeness (QED) is 0.701. The predicted octanol–water partition coefficient (Wildman–Crippen LogP) is 0.317. The normalized spacial score (nSPS) is 24.6. The van der Waals surface area contributed by atoms with Crippen molar-refractivity contribution in [2.75, 3.05) is 6.54 Å². The summed E-state index contributed by atoms with van der Waals surface area (Å²) in [6.07, 6.45) is 1.85. The highest BCUT2D eigenvalue weighted by Crippen LogP contribution is 2.10. The predicted molar refractivity (Wildman–Crippen MR) is 57.1 cm³/mol. The van der Waals surface area contributed by atoms with Crippen molar-refractivity contribution in [3.8, 4) is 0 Å². The first-order chi connectivity index (χ1) is 6.41. The van der Waals surface area contributed by atoms with Gasteiger partial charge in [-0.25, -0.2) is 4.21 Å². The molecule has 0 spiro atoms. The Morgan fingerprint density at radius 1 is 1.50 bits per heavy atom. The van der Waals surface area contributed by atoms with E-state index in [1.807, 2.05) is 20.8 Å². The summed E-state index contributed by atoms with van der Waals surface area (Å²) in [5, 5.41) is 3.07. The van der Waals surface area contributed by atoms with Crippen LogP contribution in [0, 0.1) is 0 Å². The summed E-state index contributed by atoms with van der Waals surface area (Å²) in [5.74, 6) is -0.143. The SMILES string of the molecule is CC(C)(C)S(=O)NC(=O)C1CCCN1. The summed E-state index contributed by atoms with van der Waals surface area (Å²) in [4.78, 5) is 11.5. The molecule has 5 heteroatoms. The van der Waals surface area contributed by atoms with E-state index in [4.69, 9.17) is 0 Å². The van der Waals surface area contributed by atoms with Gasteiger partial charge < -0.3 is 5.32 Å². The molecule has 0 aromatic carbocycles. The standard InChI is InChI=1S/C9H18N2O2S/c1-9(2,3)14(13)11-8(12)7-5-4-6-10-7/h7,10H,4-6H2,1-3H3,(H,11,12). The molecular weight excluding hydrogens is 200 g/mol. The number of carbonyl (C=O) groups is 1. The molecule has 1 amide bonds. The first kappa shape index (κ1) is 11.7. The van der Waals surface area contributed by atoms with Crippen LogP contribution in [-0.4, -0.2) is 27.4 Å². The lowest BCUT2D eigenvalue weighted by Gasteiger charge is -2.19. The van der Waals surface area contributed by atoms with Crippen molar-refractivity contribution in [2.45, 2.75) is 44.4 Å². The van der Waals surface area contributed by atoms with Crippen LogP contribution in [0.2, 0.25) is 0 Å². The van der Waals surface area contributed by atoms with Gasteiger partial charge in [-0.3, -0.25) is 9.52 Å². The van der Waals surface area contributed by atoms with Crippen molar-refractivity contribution in [3.05, 3.63) is 0 Å². The van der Waals surface area contributed by atoms with Crippen molar-refractivity contribution in [1.29, 1.82) is 0 Å². The third-order valence-electron chi connectivity index (χ3n) is 2.13. The molecule has 2 atom stereocenters. The molecule has 1 rings (SSSR count). The van der Waals surface area contributed by atoms with Crippen LogP contribution < -0.4 is 10.0 Å². The van der Waals surface area contributed by atoms with Gasteiger partial charge >= 0.3 is 0 Å². The van der Waals surface area contributed by atoms with Gasteiger partial charge in [-0.15, -0.1) is 0 Å². The second-order valence-corrected chi connectivity index (χ2v) is 6.46. The zero-order chi connectivity index (χ0) is 10.8. The summed E-state index contributed by atoms with van der Waals surface area (Å²) in [5.41, 5.74) is 0. The molecule has 1 aliphatic rings. The van der Waals surface area contributed by atoms with Crippen molar-refractivity contribution in [3.63, 3.8) is 0 Å². The third-order valence-corrected chi connectivity index (χ3v) is 3.63. The zero-order valence-corrected chi connectivity index (χ0v) is 9.74. The van der Waals surface area contributed by atoms with E-state index in [9.17, 15) is 9.00 Å². The number of carbonyl (C=O) groups excluding carboxylic acids is 1. The van der Waals surface area contributed by atoms with Gasteiger partial charge in [-0.1, -0.05) is 0 Å². The Hall–Kier alpha value is -0.420. The fourth-order valence-corrected chi connectivity index (χ4v) is 1.86. The van der Waals surface area contributed by atoms with Crippen molar-refractivity contribution in [1.82, 2.24) is 10.0 Å². The molecule has 14 heavy (non-hydrogen) atoms. The molecule has 0 radical (unpaired) electrons. The largest absolute Gasteiger partial charge is 0.306 e. The molecule has 1 saturated heterocycles. The van der Waals surface area contributed by atoms with Crippen LogP contribution in [0.5, 0.6) is 0 Å². The molecule has 0 aromatic heterocycles. The topological polar surface area (TPSA) is 58.2 Å². The molecule has 1 heterocycles. The van der Waals surface area contributed by atoms with Gasteiger partial charge in [0.15, 0.2) is 0 Å². The molecule has 0 saturated carbocycles. The van der Waals surface area contributed by atoms with Crippen LogP contribution in [0.3, 0.4) is 0 Å². The summed E-state index contributed by atoms with van der Waals surface area (Å²) in [7, 11) is -1.30. The molecule has 4 nitrogen and oxygen atoms in total. The highest BCUT2D eigenvalue weighted by molar-refractivity contribution is 7.85. The molecule has 1 aliphatic heterocycles. The Morgan fingerprint density at radius 2 is 2.14 bits per heavy atom. The Labute approximate surface area is 87.4 Å². The van der Waals surface area contributed by atoms with Gasteiger partial charge in [0.2, 0.25) is 5.91 Å². The number of nitrogens with one attached hydrogen (secondary N) is 2. The lowest BCUT2D eigenvalue weighted by atomic mass is 10.2. The molecule has 0 bridgehead atoms. The van der Waals surface area contributed by atoms with E-state index in [-0.39, 0.29) is 11.9 Å². The minimum Gasteiger partial charge on any atom is -0.306 e. The second-order valence-electron chi connectivity index (χ2n) is 4.50. The van der Waals surface area contributed by atoms with E-state index < -0.39 is 15.7 Å². The first-order valence-electron chi connectivity index (χ1n) is 4.87. The van der Waals surface area contributed by atoms with Crippen LogP contribution in [0.25, 0.3) is 0 Å². The maximum atomic E-state index is 11.6. The van der Waals surface area contributed by atoms with Crippen LogP contribution in [0.4, 0.5) is 0 Å². The molecule has 82 valence electrons. The molecule has 1 fully saturated rings. The van der Waals surface area contributed by atoms with Crippen LogP contribution in [0.1, 0.15) is 33.6 Å². The maximum Gasteiger partial charge on any atom is 0.248 e. The van der Waals surface area contributed by atoms with Gasteiger partial charge in [0.1, 0.15) is 11.0 Å². The van der Waals surface area contributed by atoms with E-state index in [1.165, 1.54) is 0 Å². The lowest BCUT2D eigenvalue weighted by Crippen LogP contribution is -2.45. The molecule has 2 unspecified atom stereocenters. The van der Waals surface area contributed by atoms with Gasteiger partial charge in [0.25, 0.3) is 0 Å².